The second kappa shape index (κ2) is 5.14. The van der Waals surface area contributed by atoms with Gasteiger partial charge in [-0.3, -0.25) is 4.79 Å². The van der Waals surface area contributed by atoms with Crippen LogP contribution in [0.25, 0.3) is 0 Å². The van der Waals surface area contributed by atoms with Gasteiger partial charge >= 0.3 is 6.18 Å². The molecule has 0 aromatic carbocycles. The lowest BCUT2D eigenvalue weighted by Crippen LogP contribution is -2.41. The molecule has 102 valence electrons. The third-order valence-corrected chi connectivity index (χ3v) is 3.32. The molecule has 1 amide bonds. The van der Waals surface area contributed by atoms with Gasteiger partial charge in [0.25, 0.3) is 0 Å². The number of alkyl halides is 3. The van der Waals surface area contributed by atoms with Gasteiger partial charge in [-0.2, -0.15) is 18.4 Å². The summed E-state index contributed by atoms with van der Waals surface area (Å²) in [7, 11) is 1.50. The third-order valence-electron chi connectivity index (χ3n) is 3.32. The minimum absolute atomic E-state index is 0.175. The molecule has 1 saturated heterocycles. The molecule has 2 atom stereocenters. The molecule has 1 aliphatic heterocycles. The Morgan fingerprint density at radius 2 is 2.22 bits per heavy atom. The molecule has 1 rings (SSSR count). The van der Waals surface area contributed by atoms with Gasteiger partial charge in [-0.25, -0.2) is 0 Å². The van der Waals surface area contributed by atoms with Crippen molar-refractivity contribution in [1.82, 2.24) is 10.2 Å². The molecule has 1 heterocycles. The molecule has 4 nitrogen and oxygen atoms in total. The summed E-state index contributed by atoms with van der Waals surface area (Å²) in [5.74, 6) is -2.17. The van der Waals surface area contributed by atoms with Gasteiger partial charge in [-0.15, -0.1) is 0 Å². The molecule has 0 aliphatic carbocycles. The van der Waals surface area contributed by atoms with Crippen LogP contribution >= 0.6 is 0 Å². The summed E-state index contributed by atoms with van der Waals surface area (Å²) < 4.78 is 37.4. The highest BCUT2D eigenvalue weighted by Gasteiger charge is 2.45. The van der Waals surface area contributed by atoms with E-state index in [9.17, 15) is 18.0 Å². The molecular formula is C11H16F3N3O. The SMILES string of the molecule is CNC(=O)C1(C)CCN(CC(C#N)C(F)(F)F)C1. The predicted octanol–water partition coefficient (Wildman–Crippen LogP) is 1.15. The molecular weight excluding hydrogens is 247 g/mol. The van der Waals surface area contributed by atoms with Crippen LogP contribution in [-0.4, -0.2) is 43.7 Å². The smallest absolute Gasteiger partial charge is 0.359 e. The normalized spacial score (nSPS) is 26.7. The van der Waals surface area contributed by atoms with E-state index in [4.69, 9.17) is 5.26 Å². The number of hydrogen-bond donors (Lipinski definition) is 1. The van der Waals surface area contributed by atoms with E-state index in [1.807, 2.05) is 0 Å². The summed E-state index contributed by atoms with van der Waals surface area (Å²) in [6.45, 7) is 2.01. The van der Waals surface area contributed by atoms with Crippen LogP contribution in [0.3, 0.4) is 0 Å². The lowest BCUT2D eigenvalue weighted by Gasteiger charge is -2.24. The largest absolute Gasteiger partial charge is 0.405 e. The van der Waals surface area contributed by atoms with Gasteiger partial charge in [-0.1, -0.05) is 0 Å². The average Bonchev–Trinajstić information content (AvgIpc) is 2.66. The molecule has 0 saturated carbocycles. The van der Waals surface area contributed by atoms with Crippen LogP contribution in [-0.2, 0) is 4.79 Å². The van der Waals surface area contributed by atoms with Gasteiger partial charge in [0.05, 0.1) is 11.5 Å². The maximum atomic E-state index is 12.5. The Balaban J connectivity index is 2.63. The van der Waals surface area contributed by atoms with Crippen molar-refractivity contribution in [3.05, 3.63) is 0 Å². The number of nitrogens with one attached hydrogen (secondary N) is 1. The molecule has 0 radical (unpaired) electrons. The van der Waals surface area contributed by atoms with Crippen LogP contribution in [0.2, 0.25) is 0 Å². The van der Waals surface area contributed by atoms with E-state index in [1.165, 1.54) is 18.0 Å². The highest BCUT2D eigenvalue weighted by atomic mass is 19.4. The number of amides is 1. The molecule has 7 heteroatoms. The van der Waals surface area contributed by atoms with Crippen LogP contribution in [0.5, 0.6) is 0 Å². The summed E-state index contributed by atoms with van der Waals surface area (Å²) >= 11 is 0. The maximum Gasteiger partial charge on any atom is 0.405 e. The summed E-state index contributed by atoms with van der Waals surface area (Å²) in [5, 5.41) is 11.0. The Hall–Kier alpha value is -1.29. The van der Waals surface area contributed by atoms with E-state index in [0.717, 1.165) is 0 Å². The number of nitrogens with zero attached hydrogens (tertiary/aromatic N) is 2. The van der Waals surface area contributed by atoms with E-state index < -0.39 is 17.5 Å². The summed E-state index contributed by atoms with van der Waals surface area (Å²) in [6, 6.07) is 1.27. The Kier molecular flexibility index (Phi) is 4.22. The Labute approximate surface area is 104 Å². The minimum atomic E-state index is -4.51. The maximum absolute atomic E-state index is 12.5. The standard InChI is InChI=1S/C11H16F3N3O/c1-10(9(18)16-2)3-4-17(7-10)6-8(5-15)11(12,13)14/h8H,3-4,6-7H2,1-2H3,(H,16,18). The van der Waals surface area contributed by atoms with Gasteiger partial charge in [0.15, 0.2) is 5.92 Å². The summed E-state index contributed by atoms with van der Waals surface area (Å²) in [5.41, 5.74) is -0.666. The zero-order valence-corrected chi connectivity index (χ0v) is 10.3. The van der Waals surface area contributed by atoms with Crippen molar-refractivity contribution in [3.63, 3.8) is 0 Å². The molecule has 1 aliphatic rings. The molecule has 0 aromatic rings. The molecule has 18 heavy (non-hydrogen) atoms. The lowest BCUT2D eigenvalue weighted by atomic mass is 9.89. The van der Waals surface area contributed by atoms with Crippen molar-refractivity contribution >= 4 is 5.91 Å². The first-order valence-electron chi connectivity index (χ1n) is 5.64. The highest BCUT2D eigenvalue weighted by Crippen LogP contribution is 2.33. The van der Waals surface area contributed by atoms with E-state index in [-0.39, 0.29) is 19.0 Å². The average molecular weight is 263 g/mol. The van der Waals surface area contributed by atoms with Crippen LogP contribution in [0.1, 0.15) is 13.3 Å². The van der Waals surface area contributed by atoms with Gasteiger partial charge < -0.3 is 10.2 Å². The van der Waals surface area contributed by atoms with Crippen LogP contribution in [0, 0.1) is 22.7 Å². The number of carbonyl (C=O) groups is 1. The molecule has 1 fully saturated rings. The molecule has 0 aromatic heterocycles. The molecule has 2 unspecified atom stereocenters. The monoisotopic (exact) mass is 263 g/mol. The summed E-state index contributed by atoms with van der Waals surface area (Å²) in [4.78, 5) is 13.1. The second-order valence-corrected chi connectivity index (χ2v) is 4.85. The van der Waals surface area contributed by atoms with Crippen molar-refractivity contribution in [2.75, 3.05) is 26.7 Å². The molecule has 0 bridgehead atoms. The number of carbonyl (C=O) groups excluding carboxylic acids is 1. The number of hydrogen-bond acceptors (Lipinski definition) is 3. The van der Waals surface area contributed by atoms with Crippen molar-refractivity contribution in [2.24, 2.45) is 11.3 Å². The van der Waals surface area contributed by atoms with Crippen LogP contribution in [0.4, 0.5) is 13.2 Å². The number of rotatable bonds is 3. The van der Waals surface area contributed by atoms with E-state index in [2.05, 4.69) is 5.32 Å². The topological polar surface area (TPSA) is 56.1 Å². The Morgan fingerprint density at radius 3 is 2.67 bits per heavy atom. The zero-order chi connectivity index (χ0) is 14.0. The van der Waals surface area contributed by atoms with Crippen molar-refractivity contribution in [1.29, 1.82) is 5.26 Å². The van der Waals surface area contributed by atoms with Gasteiger partial charge in [0, 0.05) is 20.1 Å². The predicted molar refractivity (Wildman–Crippen MR) is 58.4 cm³/mol. The van der Waals surface area contributed by atoms with Crippen molar-refractivity contribution in [2.45, 2.75) is 19.5 Å². The first-order valence-corrected chi connectivity index (χ1v) is 5.64. The van der Waals surface area contributed by atoms with Gasteiger partial charge in [0.2, 0.25) is 5.91 Å². The Bertz CT molecular complexity index is 364. The number of nitriles is 1. The first-order chi connectivity index (χ1) is 8.23. The zero-order valence-electron chi connectivity index (χ0n) is 10.3. The van der Waals surface area contributed by atoms with Crippen molar-refractivity contribution < 1.29 is 18.0 Å². The lowest BCUT2D eigenvalue weighted by molar-refractivity contribution is -0.162. The molecule has 0 spiro atoms. The second-order valence-electron chi connectivity index (χ2n) is 4.85. The molecule has 1 N–H and O–H groups in total. The van der Waals surface area contributed by atoms with Crippen molar-refractivity contribution in [3.8, 4) is 6.07 Å². The summed E-state index contributed by atoms with van der Waals surface area (Å²) in [6.07, 6.45) is -4.01. The van der Waals surface area contributed by atoms with Gasteiger partial charge in [-0.05, 0) is 19.9 Å². The van der Waals surface area contributed by atoms with Crippen LogP contribution in [0.15, 0.2) is 0 Å². The third kappa shape index (κ3) is 3.13. The minimum Gasteiger partial charge on any atom is -0.359 e. The first kappa shape index (κ1) is 14.8. The highest BCUT2D eigenvalue weighted by molar-refractivity contribution is 5.82. The fourth-order valence-electron chi connectivity index (χ4n) is 2.18. The van der Waals surface area contributed by atoms with E-state index in [1.54, 1.807) is 6.92 Å². The number of likely N-dealkylation sites (tertiary alicyclic amines) is 1. The van der Waals surface area contributed by atoms with Crippen LogP contribution < -0.4 is 5.32 Å². The fraction of sp³-hybridized carbons (Fsp3) is 0.818. The van der Waals surface area contributed by atoms with E-state index in [0.29, 0.717) is 13.0 Å². The Morgan fingerprint density at radius 1 is 1.61 bits per heavy atom. The quantitative estimate of drug-likeness (QED) is 0.831. The number of halogens is 3. The fourth-order valence-corrected chi connectivity index (χ4v) is 2.18. The van der Waals surface area contributed by atoms with E-state index >= 15 is 0 Å². The van der Waals surface area contributed by atoms with Gasteiger partial charge in [0.1, 0.15) is 0 Å².